The normalized spacial score (nSPS) is 10.9. The number of unbranched alkanes of at least 4 members (excludes halogenated alkanes) is 10. The lowest BCUT2D eigenvalue weighted by Crippen LogP contribution is -2.13. The Bertz CT molecular complexity index is 401. The molecule has 0 spiro atoms. The van der Waals surface area contributed by atoms with Crippen molar-refractivity contribution in [2.24, 2.45) is 0 Å². The Morgan fingerprint density at radius 3 is 1.58 bits per heavy atom. The predicted molar refractivity (Wildman–Crippen MR) is 121 cm³/mol. The lowest BCUT2D eigenvalue weighted by atomic mass is 10.1. The zero-order valence-corrected chi connectivity index (χ0v) is 19.7. The summed E-state index contributed by atoms with van der Waals surface area (Å²) in [7, 11) is 0. The molecule has 0 saturated carbocycles. The van der Waals surface area contributed by atoms with Crippen LogP contribution in [-0.4, -0.2) is 63.3 Å². The first-order valence-corrected chi connectivity index (χ1v) is 12.3. The standard InChI is InChI=1S/C24H46O7/c1-2-3-4-5-6-8-11-14-23(26)30-17-13-10-7-9-12-15-24(27)31-22-21-29-20-19-28-18-16-25/h25H,2-22H2,1H3. The molecule has 31 heavy (non-hydrogen) atoms. The number of esters is 2. The van der Waals surface area contributed by atoms with Gasteiger partial charge in [0.15, 0.2) is 0 Å². The van der Waals surface area contributed by atoms with Gasteiger partial charge < -0.3 is 24.1 Å². The largest absolute Gasteiger partial charge is 0.466 e. The van der Waals surface area contributed by atoms with E-state index in [-0.39, 0.29) is 25.2 Å². The van der Waals surface area contributed by atoms with E-state index < -0.39 is 0 Å². The predicted octanol–water partition coefficient (Wildman–Crippen LogP) is 4.58. The monoisotopic (exact) mass is 446 g/mol. The van der Waals surface area contributed by atoms with Crippen molar-refractivity contribution in [1.29, 1.82) is 0 Å². The van der Waals surface area contributed by atoms with E-state index in [0.717, 1.165) is 44.9 Å². The summed E-state index contributed by atoms with van der Waals surface area (Å²) >= 11 is 0. The van der Waals surface area contributed by atoms with Crippen molar-refractivity contribution in [3.8, 4) is 0 Å². The van der Waals surface area contributed by atoms with E-state index in [9.17, 15) is 9.59 Å². The topological polar surface area (TPSA) is 91.3 Å². The van der Waals surface area contributed by atoms with Gasteiger partial charge in [-0.1, -0.05) is 64.7 Å². The lowest BCUT2D eigenvalue weighted by Gasteiger charge is -2.07. The average molecular weight is 447 g/mol. The molecule has 0 atom stereocenters. The molecular weight excluding hydrogens is 400 g/mol. The van der Waals surface area contributed by atoms with Gasteiger partial charge in [-0.25, -0.2) is 0 Å². The lowest BCUT2D eigenvalue weighted by molar-refractivity contribution is -0.146. The SMILES string of the molecule is CCCCCCCCCC(=O)OCCCCCCCC(=O)OCCOCCOCCO. The number of ether oxygens (including phenoxy) is 4. The number of rotatable bonds is 24. The molecule has 184 valence electrons. The van der Waals surface area contributed by atoms with Gasteiger partial charge in [-0.2, -0.15) is 0 Å². The minimum Gasteiger partial charge on any atom is -0.466 e. The van der Waals surface area contributed by atoms with Gasteiger partial charge in [-0.3, -0.25) is 9.59 Å². The van der Waals surface area contributed by atoms with Gasteiger partial charge >= 0.3 is 11.9 Å². The van der Waals surface area contributed by atoms with E-state index in [4.69, 9.17) is 24.1 Å². The average Bonchev–Trinajstić information content (AvgIpc) is 2.76. The summed E-state index contributed by atoms with van der Waals surface area (Å²) in [6.07, 6.45) is 14.1. The highest BCUT2D eigenvalue weighted by Gasteiger charge is 2.04. The van der Waals surface area contributed by atoms with Gasteiger partial charge in [0.25, 0.3) is 0 Å². The van der Waals surface area contributed by atoms with Gasteiger partial charge in [-0.05, 0) is 19.3 Å². The van der Waals surface area contributed by atoms with Crippen LogP contribution in [0.25, 0.3) is 0 Å². The Kier molecular flexibility index (Phi) is 24.1. The van der Waals surface area contributed by atoms with Crippen LogP contribution < -0.4 is 0 Å². The molecule has 0 radical (unpaired) electrons. The number of aliphatic hydroxyl groups is 1. The van der Waals surface area contributed by atoms with Crippen molar-refractivity contribution in [2.75, 3.05) is 46.2 Å². The molecule has 1 N–H and O–H groups in total. The Morgan fingerprint density at radius 2 is 1.00 bits per heavy atom. The first kappa shape index (κ1) is 29.8. The zero-order valence-electron chi connectivity index (χ0n) is 19.7. The molecule has 0 fully saturated rings. The molecule has 0 rings (SSSR count). The first-order valence-electron chi connectivity index (χ1n) is 12.3. The quantitative estimate of drug-likeness (QED) is 0.171. The van der Waals surface area contributed by atoms with Crippen molar-refractivity contribution in [2.45, 2.75) is 96.8 Å². The van der Waals surface area contributed by atoms with E-state index in [1.807, 2.05) is 0 Å². The third-order valence-corrected chi connectivity index (χ3v) is 4.87. The summed E-state index contributed by atoms with van der Waals surface area (Å²) in [6, 6.07) is 0. The summed E-state index contributed by atoms with van der Waals surface area (Å²) in [6.45, 7) is 4.48. The fraction of sp³-hybridized carbons (Fsp3) is 0.917. The summed E-state index contributed by atoms with van der Waals surface area (Å²) in [4.78, 5) is 23.3. The molecule has 7 heteroatoms. The summed E-state index contributed by atoms with van der Waals surface area (Å²) in [5.74, 6) is -0.266. The molecule has 0 unspecified atom stereocenters. The van der Waals surface area contributed by atoms with E-state index in [2.05, 4.69) is 6.92 Å². The highest BCUT2D eigenvalue weighted by molar-refractivity contribution is 5.69. The van der Waals surface area contributed by atoms with Crippen molar-refractivity contribution in [1.82, 2.24) is 0 Å². The molecule has 0 aliphatic rings. The maximum Gasteiger partial charge on any atom is 0.305 e. The Labute approximate surface area is 189 Å². The number of hydrogen-bond acceptors (Lipinski definition) is 7. The molecule has 0 saturated heterocycles. The van der Waals surface area contributed by atoms with Crippen molar-refractivity contribution >= 4 is 11.9 Å². The van der Waals surface area contributed by atoms with Crippen molar-refractivity contribution < 1.29 is 33.6 Å². The Balaban J connectivity index is 3.25. The van der Waals surface area contributed by atoms with E-state index in [0.29, 0.717) is 45.9 Å². The number of aliphatic hydroxyl groups excluding tert-OH is 1. The molecule has 0 aromatic rings. The van der Waals surface area contributed by atoms with Crippen molar-refractivity contribution in [3.63, 3.8) is 0 Å². The molecular formula is C24H46O7. The third kappa shape index (κ3) is 25.0. The molecule has 0 bridgehead atoms. The van der Waals surface area contributed by atoms with Crippen LogP contribution in [0.5, 0.6) is 0 Å². The van der Waals surface area contributed by atoms with Gasteiger partial charge in [0.2, 0.25) is 0 Å². The maximum absolute atomic E-state index is 11.7. The molecule has 0 aliphatic carbocycles. The summed E-state index contributed by atoms with van der Waals surface area (Å²) in [5, 5.41) is 8.55. The maximum atomic E-state index is 11.7. The van der Waals surface area contributed by atoms with Gasteiger partial charge in [-0.15, -0.1) is 0 Å². The van der Waals surface area contributed by atoms with Crippen molar-refractivity contribution in [3.05, 3.63) is 0 Å². The second-order valence-corrected chi connectivity index (χ2v) is 7.78. The van der Waals surface area contributed by atoms with Crippen LogP contribution in [0.2, 0.25) is 0 Å². The molecule has 7 nitrogen and oxygen atoms in total. The smallest absolute Gasteiger partial charge is 0.305 e. The number of carbonyl (C=O) groups is 2. The highest BCUT2D eigenvalue weighted by Crippen LogP contribution is 2.10. The molecule has 0 aliphatic heterocycles. The summed E-state index contributed by atoms with van der Waals surface area (Å²) < 4.78 is 20.7. The van der Waals surface area contributed by atoms with Gasteiger partial charge in [0.05, 0.1) is 39.6 Å². The minimum atomic E-state index is -0.195. The van der Waals surface area contributed by atoms with Crippen LogP contribution in [0.15, 0.2) is 0 Å². The first-order chi connectivity index (χ1) is 15.2. The molecule has 0 amide bonds. The second-order valence-electron chi connectivity index (χ2n) is 7.78. The molecule has 0 heterocycles. The number of carbonyl (C=O) groups excluding carboxylic acids is 2. The van der Waals surface area contributed by atoms with E-state index in [1.54, 1.807) is 0 Å². The minimum absolute atomic E-state index is 0.00439. The fourth-order valence-electron chi connectivity index (χ4n) is 3.06. The molecule has 0 aromatic heterocycles. The Hall–Kier alpha value is -1.18. The van der Waals surface area contributed by atoms with Crippen LogP contribution in [0, 0.1) is 0 Å². The van der Waals surface area contributed by atoms with Crippen LogP contribution in [0.3, 0.4) is 0 Å². The fourth-order valence-corrected chi connectivity index (χ4v) is 3.06. The third-order valence-electron chi connectivity index (χ3n) is 4.87. The van der Waals surface area contributed by atoms with Crippen LogP contribution in [0.4, 0.5) is 0 Å². The van der Waals surface area contributed by atoms with Crippen LogP contribution in [0.1, 0.15) is 96.8 Å². The van der Waals surface area contributed by atoms with E-state index in [1.165, 1.54) is 32.1 Å². The van der Waals surface area contributed by atoms with E-state index >= 15 is 0 Å². The second kappa shape index (κ2) is 25.1. The molecule has 0 aromatic carbocycles. The van der Waals surface area contributed by atoms with Crippen LogP contribution in [-0.2, 0) is 28.5 Å². The highest BCUT2D eigenvalue weighted by atomic mass is 16.6. The van der Waals surface area contributed by atoms with Gasteiger partial charge in [0.1, 0.15) is 6.61 Å². The van der Waals surface area contributed by atoms with Gasteiger partial charge in [0, 0.05) is 12.8 Å². The van der Waals surface area contributed by atoms with Crippen LogP contribution >= 0.6 is 0 Å². The Morgan fingerprint density at radius 1 is 0.548 bits per heavy atom. The summed E-state index contributed by atoms with van der Waals surface area (Å²) in [5.41, 5.74) is 0. The zero-order chi connectivity index (χ0) is 22.8. The number of hydrogen-bond donors (Lipinski definition) is 1.